The summed E-state index contributed by atoms with van der Waals surface area (Å²) in [5.74, 6) is 0.117. The second-order valence-electron chi connectivity index (χ2n) is 8.47. The van der Waals surface area contributed by atoms with E-state index in [-0.39, 0.29) is 29.3 Å². The number of hydrogen-bond acceptors (Lipinski definition) is 4. The topological polar surface area (TPSA) is 72.9 Å². The van der Waals surface area contributed by atoms with Crippen LogP contribution in [0.4, 0.5) is 10.1 Å². The van der Waals surface area contributed by atoms with Crippen molar-refractivity contribution in [1.82, 2.24) is 9.80 Å². The first-order valence-corrected chi connectivity index (χ1v) is 10.8. The minimum Gasteiger partial charge on any atom is -0.508 e. The first-order valence-electron chi connectivity index (χ1n) is 10.8. The summed E-state index contributed by atoms with van der Waals surface area (Å²) < 4.78 is 13.5. The number of carbonyl (C=O) groups is 2. The number of likely N-dealkylation sites (tertiary alicyclic amines) is 2. The van der Waals surface area contributed by atoms with Crippen molar-refractivity contribution in [3.8, 4) is 5.75 Å². The molecule has 4 rings (SSSR count). The van der Waals surface area contributed by atoms with Crippen molar-refractivity contribution in [2.24, 2.45) is 5.92 Å². The normalized spacial score (nSPS) is 20.0. The summed E-state index contributed by atoms with van der Waals surface area (Å²) in [5.41, 5.74) is 1.66. The molecule has 2 N–H and O–H groups in total. The minimum atomic E-state index is -0.214. The molecular weight excluding hydrogens is 397 g/mol. The summed E-state index contributed by atoms with van der Waals surface area (Å²) >= 11 is 0. The average molecular weight is 426 g/mol. The molecule has 2 aliphatic rings. The van der Waals surface area contributed by atoms with E-state index < -0.39 is 0 Å². The zero-order valence-corrected chi connectivity index (χ0v) is 17.5. The third-order valence-electron chi connectivity index (χ3n) is 6.30. The number of amides is 2. The van der Waals surface area contributed by atoms with Gasteiger partial charge in [0.05, 0.1) is 12.5 Å². The molecule has 0 spiro atoms. The van der Waals surface area contributed by atoms with Gasteiger partial charge in [0.2, 0.25) is 11.8 Å². The van der Waals surface area contributed by atoms with Crippen molar-refractivity contribution < 1.29 is 19.1 Å². The molecule has 2 aromatic carbocycles. The Balaban J connectivity index is 1.22. The van der Waals surface area contributed by atoms with Crippen LogP contribution in [0.5, 0.6) is 5.75 Å². The van der Waals surface area contributed by atoms with Gasteiger partial charge in [-0.1, -0.05) is 12.1 Å². The second kappa shape index (κ2) is 9.47. The zero-order valence-electron chi connectivity index (χ0n) is 17.5. The van der Waals surface area contributed by atoms with E-state index in [1.807, 2.05) is 15.9 Å². The Hall–Kier alpha value is -2.93. The Morgan fingerprint density at radius 3 is 2.48 bits per heavy atom. The SMILES string of the molecule is O=C(Nc1ccc(O)cc1)C1CCN(CC(=O)N2CCC(c3cccc(F)c3)CC2)C1. The number of nitrogens with zero attached hydrogens (tertiary/aromatic N) is 2. The summed E-state index contributed by atoms with van der Waals surface area (Å²) in [7, 11) is 0. The van der Waals surface area contributed by atoms with Gasteiger partial charge in [-0.3, -0.25) is 14.5 Å². The molecule has 164 valence electrons. The number of piperidine rings is 1. The summed E-state index contributed by atoms with van der Waals surface area (Å²) in [6, 6.07) is 13.1. The highest BCUT2D eigenvalue weighted by Gasteiger charge is 2.31. The van der Waals surface area contributed by atoms with Gasteiger partial charge in [-0.05, 0) is 73.7 Å². The summed E-state index contributed by atoms with van der Waals surface area (Å²) in [6.45, 7) is 2.97. The molecule has 2 fully saturated rings. The molecule has 0 aromatic heterocycles. The smallest absolute Gasteiger partial charge is 0.236 e. The molecule has 1 atom stereocenters. The first kappa shape index (κ1) is 21.3. The number of carbonyl (C=O) groups excluding carboxylic acids is 2. The Morgan fingerprint density at radius 1 is 1.03 bits per heavy atom. The molecule has 0 bridgehead atoms. The molecule has 0 saturated carbocycles. The number of halogens is 1. The minimum absolute atomic E-state index is 0.0588. The molecule has 7 heteroatoms. The molecule has 0 aliphatic carbocycles. The van der Waals surface area contributed by atoms with Gasteiger partial charge in [0.25, 0.3) is 0 Å². The van der Waals surface area contributed by atoms with Crippen LogP contribution in [0, 0.1) is 11.7 Å². The maximum atomic E-state index is 13.5. The number of benzene rings is 2. The Kier molecular flexibility index (Phi) is 6.51. The van der Waals surface area contributed by atoms with Crippen molar-refractivity contribution in [3.05, 3.63) is 59.9 Å². The van der Waals surface area contributed by atoms with E-state index in [4.69, 9.17) is 0 Å². The average Bonchev–Trinajstić information content (AvgIpc) is 3.24. The maximum Gasteiger partial charge on any atom is 0.236 e. The maximum absolute atomic E-state index is 13.5. The van der Waals surface area contributed by atoms with Crippen LogP contribution in [0.2, 0.25) is 0 Å². The molecule has 2 aromatic rings. The van der Waals surface area contributed by atoms with Crippen molar-refractivity contribution in [1.29, 1.82) is 0 Å². The van der Waals surface area contributed by atoms with E-state index in [9.17, 15) is 19.1 Å². The number of nitrogens with one attached hydrogen (secondary N) is 1. The lowest BCUT2D eigenvalue weighted by Gasteiger charge is -2.33. The van der Waals surface area contributed by atoms with E-state index in [0.29, 0.717) is 37.8 Å². The van der Waals surface area contributed by atoms with Crippen LogP contribution in [-0.4, -0.2) is 59.4 Å². The predicted octanol–water partition coefficient (Wildman–Crippen LogP) is 3.20. The molecule has 2 aliphatic heterocycles. The van der Waals surface area contributed by atoms with Crippen LogP contribution in [0.3, 0.4) is 0 Å². The highest BCUT2D eigenvalue weighted by atomic mass is 19.1. The lowest BCUT2D eigenvalue weighted by Crippen LogP contribution is -2.43. The van der Waals surface area contributed by atoms with Crippen LogP contribution in [0.1, 0.15) is 30.7 Å². The van der Waals surface area contributed by atoms with Gasteiger partial charge < -0.3 is 15.3 Å². The van der Waals surface area contributed by atoms with Crippen LogP contribution >= 0.6 is 0 Å². The monoisotopic (exact) mass is 425 g/mol. The second-order valence-corrected chi connectivity index (χ2v) is 8.47. The zero-order chi connectivity index (χ0) is 21.8. The van der Waals surface area contributed by atoms with Crippen molar-refractivity contribution in [2.75, 3.05) is 38.0 Å². The fraction of sp³-hybridized carbons (Fsp3) is 0.417. The van der Waals surface area contributed by atoms with Crippen LogP contribution < -0.4 is 5.32 Å². The predicted molar refractivity (Wildman–Crippen MR) is 116 cm³/mol. The third kappa shape index (κ3) is 5.41. The number of rotatable bonds is 5. The Morgan fingerprint density at radius 2 is 1.77 bits per heavy atom. The van der Waals surface area contributed by atoms with Gasteiger partial charge in [-0.15, -0.1) is 0 Å². The third-order valence-corrected chi connectivity index (χ3v) is 6.30. The van der Waals surface area contributed by atoms with Gasteiger partial charge in [-0.2, -0.15) is 0 Å². The number of aromatic hydroxyl groups is 1. The number of phenols is 1. The Bertz CT molecular complexity index is 926. The van der Waals surface area contributed by atoms with E-state index in [2.05, 4.69) is 5.32 Å². The largest absolute Gasteiger partial charge is 0.508 e. The fourth-order valence-electron chi connectivity index (χ4n) is 4.49. The molecule has 2 heterocycles. The molecule has 2 amide bonds. The molecular formula is C24H28FN3O3. The van der Waals surface area contributed by atoms with Crippen molar-refractivity contribution in [3.63, 3.8) is 0 Å². The molecule has 2 saturated heterocycles. The van der Waals surface area contributed by atoms with Crippen LogP contribution in [0.25, 0.3) is 0 Å². The molecule has 6 nitrogen and oxygen atoms in total. The van der Waals surface area contributed by atoms with Gasteiger partial charge in [0.15, 0.2) is 0 Å². The van der Waals surface area contributed by atoms with E-state index in [1.54, 1.807) is 24.3 Å². The first-order chi connectivity index (χ1) is 15.0. The van der Waals surface area contributed by atoms with Crippen molar-refractivity contribution in [2.45, 2.75) is 25.2 Å². The van der Waals surface area contributed by atoms with Gasteiger partial charge in [0.1, 0.15) is 11.6 Å². The quantitative estimate of drug-likeness (QED) is 0.722. The van der Waals surface area contributed by atoms with Crippen LogP contribution in [-0.2, 0) is 9.59 Å². The van der Waals surface area contributed by atoms with Gasteiger partial charge in [-0.25, -0.2) is 4.39 Å². The van der Waals surface area contributed by atoms with E-state index >= 15 is 0 Å². The lowest BCUT2D eigenvalue weighted by molar-refractivity contribution is -0.133. The fourth-order valence-corrected chi connectivity index (χ4v) is 4.49. The number of anilines is 1. The number of hydrogen-bond donors (Lipinski definition) is 2. The highest BCUT2D eigenvalue weighted by Crippen LogP contribution is 2.28. The van der Waals surface area contributed by atoms with Gasteiger partial charge in [0, 0.05) is 25.3 Å². The van der Waals surface area contributed by atoms with E-state index in [0.717, 1.165) is 31.4 Å². The van der Waals surface area contributed by atoms with Gasteiger partial charge >= 0.3 is 0 Å². The standard InChI is InChI=1S/C24H28FN3O3/c25-20-3-1-2-18(14-20)17-9-12-28(13-10-17)23(30)16-27-11-8-19(15-27)24(31)26-21-4-6-22(29)7-5-21/h1-7,14,17,19,29H,8-13,15-16H2,(H,26,31). The summed E-state index contributed by atoms with van der Waals surface area (Å²) in [4.78, 5) is 29.2. The van der Waals surface area contributed by atoms with Crippen molar-refractivity contribution >= 4 is 17.5 Å². The lowest BCUT2D eigenvalue weighted by atomic mass is 9.89. The summed E-state index contributed by atoms with van der Waals surface area (Å²) in [5, 5.41) is 12.2. The van der Waals surface area contributed by atoms with Crippen LogP contribution in [0.15, 0.2) is 48.5 Å². The molecule has 31 heavy (non-hydrogen) atoms. The summed E-state index contributed by atoms with van der Waals surface area (Å²) in [6.07, 6.45) is 2.40. The molecule has 0 radical (unpaired) electrons. The van der Waals surface area contributed by atoms with E-state index in [1.165, 1.54) is 18.2 Å². The highest BCUT2D eigenvalue weighted by molar-refractivity contribution is 5.93. The molecule has 1 unspecified atom stereocenters. The number of phenolic OH excluding ortho intramolecular Hbond substituents is 1. The Labute approximate surface area is 181 Å².